The Kier molecular flexibility index (Phi) is 8.92. The third-order valence-corrected chi connectivity index (χ3v) is 7.70. The smallest absolute Gasteiger partial charge is 0.255 e. The minimum atomic E-state index is -4.03. The molecule has 11 heteroatoms. The molecule has 3 aromatic rings. The summed E-state index contributed by atoms with van der Waals surface area (Å²) in [5.74, 6) is -0.635. The van der Waals surface area contributed by atoms with Crippen LogP contribution in [0, 0.1) is 0 Å². The quantitative estimate of drug-likeness (QED) is 0.269. The van der Waals surface area contributed by atoms with E-state index in [9.17, 15) is 13.2 Å². The maximum absolute atomic E-state index is 13.3. The molecule has 0 aromatic heterocycles. The number of hydrogen-bond acceptors (Lipinski definition) is 4. The van der Waals surface area contributed by atoms with Crippen LogP contribution in [0.2, 0.25) is 15.1 Å². The Bertz CT molecular complexity index is 1290. The van der Waals surface area contributed by atoms with Crippen LogP contribution in [-0.2, 0) is 21.4 Å². The Balaban J connectivity index is 1.83. The normalized spacial score (nSPS) is 11.8. The highest BCUT2D eigenvalue weighted by atomic mass is 79.9. The fourth-order valence-corrected chi connectivity index (χ4v) is 5.06. The lowest BCUT2D eigenvalue weighted by molar-refractivity contribution is -0.121. The molecule has 0 heterocycles. The first-order valence-electron chi connectivity index (χ1n) is 9.43. The maximum Gasteiger partial charge on any atom is 0.255 e. The second-order valence-corrected chi connectivity index (χ2v) is 10.9. The standard InChI is InChI=1S/C22H17BrCl3N3O3S/c23-17-6-9-19(10-7-17)33(31,32)29(13-16-5-8-18(24)11-21(16)26)14-22(30)28-27-12-15-3-1-2-4-20(15)25/h1-12H,13-14H2,(H,28,30)/b27-12+. The molecule has 0 radical (unpaired) electrons. The highest BCUT2D eigenvalue weighted by Gasteiger charge is 2.27. The first-order chi connectivity index (χ1) is 15.7. The predicted octanol–water partition coefficient (Wildman–Crippen LogP) is 5.75. The number of sulfonamides is 1. The molecular formula is C22H17BrCl3N3O3S. The van der Waals surface area contributed by atoms with Crippen molar-refractivity contribution >= 4 is 72.9 Å². The van der Waals surface area contributed by atoms with Crippen molar-refractivity contribution in [3.63, 3.8) is 0 Å². The minimum Gasteiger partial charge on any atom is -0.272 e. The van der Waals surface area contributed by atoms with Crippen LogP contribution >= 0.6 is 50.7 Å². The van der Waals surface area contributed by atoms with Gasteiger partial charge in [0.05, 0.1) is 17.7 Å². The molecule has 0 saturated carbocycles. The van der Waals surface area contributed by atoms with E-state index in [1.807, 2.05) is 0 Å². The largest absolute Gasteiger partial charge is 0.272 e. The summed E-state index contributed by atoms with van der Waals surface area (Å²) in [6, 6.07) is 17.8. The summed E-state index contributed by atoms with van der Waals surface area (Å²) in [7, 11) is -4.03. The van der Waals surface area contributed by atoms with Crippen molar-refractivity contribution in [2.24, 2.45) is 5.10 Å². The van der Waals surface area contributed by atoms with E-state index < -0.39 is 22.5 Å². The number of benzene rings is 3. The Hall–Kier alpha value is -1.94. The average molecular weight is 590 g/mol. The van der Waals surface area contributed by atoms with Crippen LogP contribution in [0.5, 0.6) is 0 Å². The zero-order valence-corrected chi connectivity index (χ0v) is 21.6. The van der Waals surface area contributed by atoms with E-state index >= 15 is 0 Å². The van der Waals surface area contributed by atoms with E-state index in [-0.39, 0.29) is 16.5 Å². The van der Waals surface area contributed by atoms with Gasteiger partial charge in [0.15, 0.2) is 0 Å². The zero-order chi connectivity index (χ0) is 24.0. The molecule has 3 aromatic carbocycles. The molecule has 0 aliphatic rings. The molecule has 0 saturated heterocycles. The van der Waals surface area contributed by atoms with Gasteiger partial charge in [0.1, 0.15) is 0 Å². The lowest BCUT2D eigenvalue weighted by Crippen LogP contribution is -2.39. The second kappa shape index (κ2) is 11.5. The Morgan fingerprint density at radius 3 is 2.36 bits per heavy atom. The number of hydrogen-bond donors (Lipinski definition) is 1. The van der Waals surface area contributed by atoms with Gasteiger partial charge in [-0.1, -0.05) is 75.0 Å². The van der Waals surface area contributed by atoms with Crippen molar-refractivity contribution in [1.29, 1.82) is 0 Å². The van der Waals surface area contributed by atoms with Crippen molar-refractivity contribution in [2.45, 2.75) is 11.4 Å². The highest BCUT2D eigenvalue weighted by Crippen LogP contribution is 2.25. The summed E-state index contributed by atoms with van der Waals surface area (Å²) in [6.45, 7) is -0.632. The molecule has 33 heavy (non-hydrogen) atoms. The molecule has 0 aliphatic heterocycles. The first kappa shape index (κ1) is 25.7. The number of nitrogens with zero attached hydrogens (tertiary/aromatic N) is 2. The summed E-state index contributed by atoms with van der Waals surface area (Å²) in [4.78, 5) is 12.6. The average Bonchev–Trinajstić information content (AvgIpc) is 2.76. The van der Waals surface area contributed by atoms with E-state index in [4.69, 9.17) is 34.8 Å². The SMILES string of the molecule is O=C(CN(Cc1ccc(Cl)cc1Cl)S(=O)(=O)c1ccc(Br)cc1)N/N=C/c1ccccc1Cl. The molecule has 0 atom stereocenters. The summed E-state index contributed by atoms with van der Waals surface area (Å²) in [5, 5.41) is 5.05. The van der Waals surface area contributed by atoms with Gasteiger partial charge in [-0.25, -0.2) is 13.8 Å². The van der Waals surface area contributed by atoms with Crippen LogP contribution in [0.3, 0.4) is 0 Å². The van der Waals surface area contributed by atoms with Crippen LogP contribution < -0.4 is 5.43 Å². The molecule has 0 spiro atoms. The van der Waals surface area contributed by atoms with E-state index in [1.165, 1.54) is 24.4 Å². The first-order valence-corrected chi connectivity index (χ1v) is 12.8. The third-order valence-electron chi connectivity index (χ3n) is 4.43. The fraction of sp³-hybridized carbons (Fsp3) is 0.0909. The number of hydrazone groups is 1. The van der Waals surface area contributed by atoms with Crippen molar-refractivity contribution in [3.8, 4) is 0 Å². The van der Waals surface area contributed by atoms with Crippen LogP contribution in [0.1, 0.15) is 11.1 Å². The van der Waals surface area contributed by atoms with E-state index in [0.29, 0.717) is 21.2 Å². The fourth-order valence-electron chi connectivity index (χ4n) is 2.77. The number of halogens is 4. The van der Waals surface area contributed by atoms with E-state index in [1.54, 1.807) is 48.5 Å². The highest BCUT2D eigenvalue weighted by molar-refractivity contribution is 9.10. The third kappa shape index (κ3) is 7.02. The molecule has 0 aliphatic carbocycles. The Labute approximate surface area is 215 Å². The topological polar surface area (TPSA) is 78.8 Å². The summed E-state index contributed by atoms with van der Waals surface area (Å²) >= 11 is 21.5. The van der Waals surface area contributed by atoms with Crippen molar-refractivity contribution < 1.29 is 13.2 Å². The summed E-state index contributed by atoms with van der Waals surface area (Å²) < 4.78 is 28.4. The lowest BCUT2D eigenvalue weighted by Gasteiger charge is -2.22. The number of rotatable bonds is 8. The molecule has 1 amide bonds. The Morgan fingerprint density at radius 2 is 1.70 bits per heavy atom. The van der Waals surface area contributed by atoms with E-state index in [2.05, 4.69) is 26.5 Å². The molecule has 0 bridgehead atoms. The molecule has 6 nitrogen and oxygen atoms in total. The van der Waals surface area contributed by atoms with Gasteiger partial charge in [-0.2, -0.15) is 9.41 Å². The molecule has 0 fully saturated rings. The zero-order valence-electron chi connectivity index (χ0n) is 16.9. The van der Waals surface area contributed by atoms with Gasteiger partial charge < -0.3 is 0 Å². The van der Waals surface area contributed by atoms with Gasteiger partial charge in [-0.05, 0) is 48.0 Å². The predicted molar refractivity (Wildman–Crippen MR) is 135 cm³/mol. The van der Waals surface area contributed by atoms with E-state index in [0.717, 1.165) is 8.78 Å². The number of nitrogens with one attached hydrogen (secondary N) is 1. The van der Waals surface area contributed by atoms with Crippen LogP contribution in [0.25, 0.3) is 0 Å². The van der Waals surface area contributed by atoms with Crippen molar-refractivity contribution in [2.75, 3.05) is 6.54 Å². The number of carbonyl (C=O) groups is 1. The van der Waals surface area contributed by atoms with Gasteiger partial charge in [0.2, 0.25) is 10.0 Å². The summed E-state index contributed by atoms with van der Waals surface area (Å²) in [6.07, 6.45) is 1.38. The summed E-state index contributed by atoms with van der Waals surface area (Å²) in [5.41, 5.74) is 3.43. The van der Waals surface area contributed by atoms with Crippen LogP contribution in [0.15, 0.2) is 81.2 Å². The number of amides is 1. The lowest BCUT2D eigenvalue weighted by atomic mass is 10.2. The van der Waals surface area contributed by atoms with Gasteiger partial charge >= 0.3 is 0 Å². The van der Waals surface area contributed by atoms with Crippen LogP contribution in [-0.4, -0.2) is 31.4 Å². The van der Waals surface area contributed by atoms with Crippen molar-refractivity contribution in [3.05, 3.63) is 97.4 Å². The van der Waals surface area contributed by atoms with Gasteiger partial charge in [0.25, 0.3) is 5.91 Å². The van der Waals surface area contributed by atoms with Gasteiger partial charge in [-0.15, -0.1) is 0 Å². The van der Waals surface area contributed by atoms with Gasteiger partial charge in [-0.3, -0.25) is 4.79 Å². The maximum atomic E-state index is 13.3. The molecule has 1 N–H and O–H groups in total. The second-order valence-electron chi connectivity index (χ2n) is 6.78. The van der Waals surface area contributed by atoms with Gasteiger partial charge in [0, 0.05) is 31.6 Å². The monoisotopic (exact) mass is 587 g/mol. The molecule has 3 rings (SSSR count). The molecule has 0 unspecified atom stereocenters. The molecular weight excluding hydrogens is 573 g/mol. The number of carbonyl (C=O) groups excluding carboxylic acids is 1. The van der Waals surface area contributed by atoms with Crippen molar-refractivity contribution in [1.82, 2.24) is 9.73 Å². The van der Waals surface area contributed by atoms with Crippen LogP contribution in [0.4, 0.5) is 0 Å². The Morgan fingerprint density at radius 1 is 1.00 bits per heavy atom. The minimum absolute atomic E-state index is 0.0307. The molecule has 172 valence electrons.